The summed E-state index contributed by atoms with van der Waals surface area (Å²) in [7, 11) is 2.01. The van der Waals surface area contributed by atoms with Crippen molar-refractivity contribution in [2.75, 3.05) is 26.7 Å². The molecule has 0 unspecified atom stereocenters. The molecule has 0 heterocycles. The first-order valence-corrected chi connectivity index (χ1v) is 11.6. The van der Waals surface area contributed by atoms with Gasteiger partial charge in [0.15, 0.2) is 0 Å². The maximum atomic E-state index is 13.5. The third-order valence-electron chi connectivity index (χ3n) is 7.42. The molecule has 4 aliphatic carbocycles. The number of hydrogen-bond donors (Lipinski definition) is 0. The second-order valence-corrected chi connectivity index (χ2v) is 9.84. The largest absolute Gasteiger partial charge is 0.494 e. The summed E-state index contributed by atoms with van der Waals surface area (Å²) < 4.78 is 5.52. The Kier molecular flexibility index (Phi) is 6.34. The second-order valence-electron chi connectivity index (χ2n) is 9.84. The number of amides is 1. The van der Waals surface area contributed by atoms with Crippen LogP contribution in [0.15, 0.2) is 24.3 Å². The molecule has 1 amide bonds. The summed E-state index contributed by atoms with van der Waals surface area (Å²) in [5.41, 5.74) is 1.19. The molecule has 4 fully saturated rings. The topological polar surface area (TPSA) is 56.6 Å². The van der Waals surface area contributed by atoms with E-state index in [0.29, 0.717) is 26.1 Å². The van der Waals surface area contributed by atoms with Crippen LogP contribution < -0.4 is 4.74 Å². The molecule has 1 aromatic rings. The van der Waals surface area contributed by atoms with Gasteiger partial charge in [0, 0.05) is 18.6 Å². The molecule has 5 nitrogen and oxygen atoms in total. The van der Waals surface area contributed by atoms with Crippen molar-refractivity contribution in [2.24, 2.45) is 17.8 Å². The number of benzene rings is 1. The summed E-state index contributed by atoms with van der Waals surface area (Å²) in [6, 6.07) is 10.4. The zero-order chi connectivity index (χ0) is 21.1. The summed E-state index contributed by atoms with van der Waals surface area (Å²) >= 11 is 0. The number of carbonyl (C=O) groups excluding carboxylic acids is 1. The van der Waals surface area contributed by atoms with Crippen molar-refractivity contribution < 1.29 is 9.53 Å². The average molecular weight is 410 g/mol. The van der Waals surface area contributed by atoms with Gasteiger partial charge in [-0.05, 0) is 87.9 Å². The number of rotatable bonds is 9. The van der Waals surface area contributed by atoms with Crippen LogP contribution in [0.3, 0.4) is 0 Å². The van der Waals surface area contributed by atoms with Crippen molar-refractivity contribution in [2.45, 2.75) is 64.0 Å². The van der Waals surface area contributed by atoms with Gasteiger partial charge in [-0.15, -0.1) is 0 Å². The lowest BCUT2D eigenvalue weighted by Gasteiger charge is -2.60. The van der Waals surface area contributed by atoms with Crippen LogP contribution in [-0.4, -0.2) is 48.0 Å². The van der Waals surface area contributed by atoms with E-state index in [9.17, 15) is 10.1 Å². The molecule has 0 atom stereocenters. The number of nitriles is 1. The van der Waals surface area contributed by atoms with Gasteiger partial charge in [0.25, 0.3) is 0 Å². The molecule has 0 saturated heterocycles. The fourth-order valence-electron chi connectivity index (χ4n) is 6.73. The van der Waals surface area contributed by atoms with E-state index in [4.69, 9.17) is 4.74 Å². The van der Waals surface area contributed by atoms with E-state index < -0.39 is 0 Å². The smallest absolute Gasteiger partial charge is 0.237 e. The summed E-state index contributed by atoms with van der Waals surface area (Å²) in [6.45, 7) is 4.36. The van der Waals surface area contributed by atoms with E-state index in [-0.39, 0.29) is 11.4 Å². The van der Waals surface area contributed by atoms with Crippen LogP contribution in [0.1, 0.15) is 57.4 Å². The molecule has 30 heavy (non-hydrogen) atoms. The highest BCUT2D eigenvalue weighted by atomic mass is 16.5. The van der Waals surface area contributed by atoms with E-state index in [1.807, 2.05) is 26.1 Å². The molecule has 4 aliphatic rings. The van der Waals surface area contributed by atoms with Crippen molar-refractivity contribution in [1.29, 1.82) is 5.26 Å². The zero-order valence-corrected chi connectivity index (χ0v) is 18.5. The predicted molar refractivity (Wildman–Crippen MR) is 117 cm³/mol. The lowest BCUT2D eigenvalue weighted by Crippen LogP contribution is -2.62. The molecule has 1 aromatic carbocycles. The highest BCUT2D eigenvalue weighted by Gasteiger charge is 2.54. The molecule has 0 spiro atoms. The van der Waals surface area contributed by atoms with Crippen LogP contribution >= 0.6 is 0 Å². The first-order chi connectivity index (χ1) is 14.5. The number of nitrogens with zero attached hydrogens (tertiary/aromatic N) is 3. The van der Waals surface area contributed by atoms with Crippen molar-refractivity contribution in [1.82, 2.24) is 9.80 Å². The minimum atomic E-state index is 0.0165. The Labute approximate surface area is 181 Å². The van der Waals surface area contributed by atoms with E-state index >= 15 is 0 Å². The van der Waals surface area contributed by atoms with Gasteiger partial charge in [0.1, 0.15) is 5.75 Å². The van der Waals surface area contributed by atoms with Crippen LogP contribution in [0.5, 0.6) is 5.75 Å². The molecule has 0 aromatic heterocycles. The molecular formula is C25H35N3O2. The maximum Gasteiger partial charge on any atom is 0.237 e. The fourth-order valence-corrected chi connectivity index (χ4v) is 6.73. The Bertz CT molecular complexity index is 747. The zero-order valence-electron chi connectivity index (χ0n) is 18.5. The Balaban J connectivity index is 1.41. The highest BCUT2D eigenvalue weighted by molar-refractivity contribution is 5.79. The van der Waals surface area contributed by atoms with Crippen molar-refractivity contribution in [3.8, 4) is 11.8 Å². The molecule has 0 aliphatic heterocycles. The first kappa shape index (κ1) is 21.2. The third kappa shape index (κ3) is 4.49. The molecule has 0 radical (unpaired) electrons. The normalized spacial score (nSPS) is 29.1. The van der Waals surface area contributed by atoms with E-state index in [2.05, 4.69) is 28.0 Å². The van der Waals surface area contributed by atoms with Crippen molar-refractivity contribution >= 4 is 5.91 Å². The minimum absolute atomic E-state index is 0.0165. The lowest BCUT2D eigenvalue weighted by atomic mass is 9.52. The maximum absolute atomic E-state index is 13.5. The van der Waals surface area contributed by atoms with Gasteiger partial charge in [0.05, 0.1) is 25.6 Å². The Morgan fingerprint density at radius 2 is 1.73 bits per heavy atom. The van der Waals surface area contributed by atoms with E-state index in [0.717, 1.165) is 49.3 Å². The Morgan fingerprint density at radius 1 is 1.13 bits per heavy atom. The molecule has 0 N–H and O–H groups in total. The molecule has 162 valence electrons. The summed E-state index contributed by atoms with van der Waals surface area (Å²) in [5, 5.41) is 9.21. The molecule has 4 bridgehead atoms. The minimum Gasteiger partial charge on any atom is -0.494 e. The van der Waals surface area contributed by atoms with E-state index in [1.54, 1.807) is 0 Å². The lowest BCUT2D eigenvalue weighted by molar-refractivity contribution is -0.151. The van der Waals surface area contributed by atoms with Gasteiger partial charge in [0.2, 0.25) is 5.91 Å². The number of likely N-dealkylation sites (N-methyl/N-ethyl adjacent to an activating group) is 1. The predicted octanol–water partition coefficient (Wildman–Crippen LogP) is 4.23. The number of ether oxygens (including phenoxy) is 1. The van der Waals surface area contributed by atoms with Gasteiger partial charge in [-0.2, -0.15) is 5.26 Å². The van der Waals surface area contributed by atoms with Gasteiger partial charge in [-0.25, -0.2) is 0 Å². The van der Waals surface area contributed by atoms with Crippen molar-refractivity contribution in [3.05, 3.63) is 29.8 Å². The number of hydrogen-bond acceptors (Lipinski definition) is 4. The van der Waals surface area contributed by atoms with Gasteiger partial charge >= 0.3 is 0 Å². The third-order valence-corrected chi connectivity index (χ3v) is 7.42. The number of carbonyl (C=O) groups is 1. The van der Waals surface area contributed by atoms with Gasteiger partial charge in [-0.3, -0.25) is 9.69 Å². The van der Waals surface area contributed by atoms with Crippen LogP contribution in [-0.2, 0) is 11.3 Å². The van der Waals surface area contributed by atoms with Crippen molar-refractivity contribution in [3.63, 3.8) is 0 Å². The molecule has 5 heteroatoms. The standard InChI is InChI=1S/C25H35N3O2/c1-3-30-23-7-5-19(6-8-23)17-27(2)18-24(29)28(10-4-9-26)25-14-20-11-21(15-25)13-22(12-20)16-25/h5-8,20-22H,3-4,10-18H2,1-2H3. The second kappa shape index (κ2) is 8.98. The quantitative estimate of drug-likeness (QED) is 0.612. The first-order valence-electron chi connectivity index (χ1n) is 11.6. The monoisotopic (exact) mass is 409 g/mol. The average Bonchev–Trinajstić information content (AvgIpc) is 2.68. The van der Waals surface area contributed by atoms with Crippen LogP contribution in [0.4, 0.5) is 0 Å². The Morgan fingerprint density at radius 3 is 2.27 bits per heavy atom. The van der Waals surface area contributed by atoms with Crippen LogP contribution in [0.25, 0.3) is 0 Å². The van der Waals surface area contributed by atoms with Gasteiger partial charge in [-0.1, -0.05) is 12.1 Å². The van der Waals surface area contributed by atoms with Crippen LogP contribution in [0, 0.1) is 29.1 Å². The molecular weight excluding hydrogens is 374 g/mol. The Hall–Kier alpha value is -2.06. The fraction of sp³-hybridized carbons (Fsp3) is 0.680. The highest BCUT2D eigenvalue weighted by Crippen LogP contribution is 2.57. The van der Waals surface area contributed by atoms with Gasteiger partial charge < -0.3 is 9.64 Å². The SMILES string of the molecule is CCOc1ccc(CN(C)CC(=O)N(CCC#N)C23CC4CC(CC(C4)C2)C3)cc1. The molecule has 5 rings (SSSR count). The van der Waals surface area contributed by atoms with E-state index in [1.165, 1.54) is 24.8 Å². The summed E-state index contributed by atoms with van der Waals surface area (Å²) in [5.74, 6) is 3.44. The van der Waals surface area contributed by atoms with Crippen LogP contribution in [0.2, 0.25) is 0 Å². The summed E-state index contributed by atoms with van der Waals surface area (Å²) in [4.78, 5) is 17.7. The molecule has 4 saturated carbocycles. The summed E-state index contributed by atoms with van der Waals surface area (Å²) in [6.07, 6.45) is 7.96.